The number of halogens is 5. The van der Waals surface area contributed by atoms with Crippen molar-refractivity contribution in [1.29, 1.82) is 0 Å². The molecule has 244 valence electrons. The molecule has 0 aromatic heterocycles. The monoisotopic (exact) mass is 636 g/mol. The Bertz CT molecular complexity index is 1620. The Labute approximate surface area is 268 Å². The van der Waals surface area contributed by atoms with Crippen LogP contribution in [0.1, 0.15) is 75.6 Å². The number of allylic oxidation sites excluding steroid dienone is 7. The van der Waals surface area contributed by atoms with Crippen molar-refractivity contribution in [3.05, 3.63) is 111 Å². The smallest absolute Gasteiger partial charge is 0.416 e. The molecule has 0 saturated carbocycles. The van der Waals surface area contributed by atoms with Crippen LogP contribution in [0.4, 0.5) is 22.0 Å². The molecule has 2 heterocycles. The lowest BCUT2D eigenvalue weighted by Crippen LogP contribution is -2.16. The fraction of sp³-hybridized carbons (Fsp3) is 0.421. The van der Waals surface area contributed by atoms with Crippen molar-refractivity contribution in [2.45, 2.75) is 71.9 Å². The van der Waals surface area contributed by atoms with Crippen LogP contribution >= 0.6 is 0 Å². The molecule has 46 heavy (non-hydrogen) atoms. The first-order chi connectivity index (χ1) is 21.8. The zero-order valence-corrected chi connectivity index (χ0v) is 26.9. The molecule has 5 rings (SSSR count). The molecule has 0 N–H and O–H groups in total. The summed E-state index contributed by atoms with van der Waals surface area (Å²) in [5, 5.41) is 0. The summed E-state index contributed by atoms with van der Waals surface area (Å²) in [4.78, 5) is 9.84. The van der Waals surface area contributed by atoms with Crippen LogP contribution in [0.5, 0.6) is 0 Å². The van der Waals surface area contributed by atoms with Gasteiger partial charge in [0, 0.05) is 50.3 Å². The third-order valence-electron chi connectivity index (χ3n) is 9.03. The Hall–Kier alpha value is -3.81. The minimum absolute atomic E-state index is 0.0931. The van der Waals surface area contributed by atoms with Gasteiger partial charge in [0.05, 0.1) is 11.3 Å². The fourth-order valence-electron chi connectivity index (χ4n) is 6.40. The van der Waals surface area contributed by atoms with Crippen molar-refractivity contribution in [3.63, 3.8) is 0 Å². The standard InChI is InChI=1S/C38H41F5N2O/c1-24-17-36(45-15-14-27-8-6-5-7-9-27)25(2)16-29-11-10-28(21-44-22-34(24)29)18-31-20-33(26(3)23-46-31)32-13-12-30(38(41,42)43)19-35(32)37(4,39)40/h5-9,11-13,19-20,22,25,28H,10,14-18,21,23H2,1-4H3. The molecular formula is C38H41F5N2O. The van der Waals surface area contributed by atoms with E-state index in [0.717, 1.165) is 44.4 Å². The normalized spacial score (nSPS) is 22.1. The maximum absolute atomic E-state index is 14.6. The Morgan fingerprint density at radius 2 is 1.74 bits per heavy atom. The van der Waals surface area contributed by atoms with Gasteiger partial charge in [-0.3, -0.25) is 9.98 Å². The van der Waals surface area contributed by atoms with E-state index in [1.807, 2.05) is 12.3 Å². The van der Waals surface area contributed by atoms with E-state index in [-0.39, 0.29) is 18.1 Å². The highest BCUT2D eigenvalue weighted by atomic mass is 19.4. The van der Waals surface area contributed by atoms with E-state index in [2.05, 4.69) is 44.2 Å². The SMILES string of the molecule is CC1=C2C=NCC(CC3=CC(c4ccc(C(F)(F)F)cc4C(C)(F)F)=C(C)CO3)CC=C2CC(C)C(=NCCc2ccccc2)C1. The van der Waals surface area contributed by atoms with E-state index < -0.39 is 23.2 Å². The molecule has 0 bridgehead atoms. The molecule has 2 unspecified atom stereocenters. The van der Waals surface area contributed by atoms with Gasteiger partial charge in [0.25, 0.3) is 5.92 Å². The van der Waals surface area contributed by atoms with E-state index >= 15 is 0 Å². The van der Waals surface area contributed by atoms with Gasteiger partial charge < -0.3 is 4.74 Å². The zero-order chi connectivity index (χ0) is 33.1. The van der Waals surface area contributed by atoms with Crippen LogP contribution < -0.4 is 0 Å². The number of benzene rings is 2. The molecule has 0 spiro atoms. The molecule has 2 aromatic rings. The minimum atomic E-state index is -4.72. The van der Waals surface area contributed by atoms with E-state index in [4.69, 9.17) is 14.7 Å². The van der Waals surface area contributed by atoms with Gasteiger partial charge in [-0.15, -0.1) is 0 Å². The molecule has 0 amide bonds. The second-order valence-electron chi connectivity index (χ2n) is 12.9. The maximum atomic E-state index is 14.6. The topological polar surface area (TPSA) is 34.0 Å². The number of nitrogens with zero attached hydrogens (tertiary/aromatic N) is 2. The lowest BCUT2D eigenvalue weighted by molar-refractivity contribution is -0.137. The Kier molecular flexibility index (Phi) is 10.1. The molecule has 2 aromatic carbocycles. The van der Waals surface area contributed by atoms with Crippen molar-refractivity contribution in [2.75, 3.05) is 19.7 Å². The van der Waals surface area contributed by atoms with Gasteiger partial charge in [0.1, 0.15) is 6.61 Å². The molecule has 0 fully saturated rings. The fourth-order valence-corrected chi connectivity index (χ4v) is 6.40. The van der Waals surface area contributed by atoms with Crippen LogP contribution in [0.15, 0.2) is 98.7 Å². The predicted octanol–water partition coefficient (Wildman–Crippen LogP) is 10.3. The van der Waals surface area contributed by atoms with Crippen LogP contribution in [0.3, 0.4) is 0 Å². The molecule has 0 saturated heterocycles. The van der Waals surface area contributed by atoms with Crippen LogP contribution in [0.2, 0.25) is 0 Å². The van der Waals surface area contributed by atoms with Gasteiger partial charge in [0.15, 0.2) is 0 Å². The van der Waals surface area contributed by atoms with E-state index in [9.17, 15) is 22.0 Å². The van der Waals surface area contributed by atoms with Crippen molar-refractivity contribution >= 4 is 17.5 Å². The average molecular weight is 637 g/mol. The third kappa shape index (κ3) is 8.12. The summed E-state index contributed by atoms with van der Waals surface area (Å²) >= 11 is 0. The van der Waals surface area contributed by atoms with Crippen molar-refractivity contribution in [3.8, 4) is 0 Å². The largest absolute Gasteiger partial charge is 0.494 e. The van der Waals surface area contributed by atoms with Gasteiger partial charge in [-0.05, 0) is 96.6 Å². The average Bonchev–Trinajstić information content (AvgIpc) is 3.10. The number of hydrogen-bond donors (Lipinski definition) is 0. The van der Waals surface area contributed by atoms with Gasteiger partial charge in [-0.25, -0.2) is 8.78 Å². The van der Waals surface area contributed by atoms with E-state index in [1.165, 1.54) is 28.0 Å². The van der Waals surface area contributed by atoms with Crippen LogP contribution in [-0.4, -0.2) is 31.6 Å². The van der Waals surface area contributed by atoms with E-state index in [1.54, 1.807) is 13.0 Å². The first-order valence-corrected chi connectivity index (χ1v) is 15.9. The number of rotatable bonds is 7. The quantitative estimate of drug-likeness (QED) is 0.279. The molecule has 0 radical (unpaired) electrons. The number of alkyl halides is 5. The molecule has 8 heteroatoms. The Balaban J connectivity index is 1.32. The zero-order valence-electron chi connectivity index (χ0n) is 26.9. The van der Waals surface area contributed by atoms with Crippen molar-refractivity contribution in [2.24, 2.45) is 21.8 Å². The van der Waals surface area contributed by atoms with Gasteiger partial charge in [0.2, 0.25) is 0 Å². The summed E-state index contributed by atoms with van der Waals surface area (Å²) in [5.41, 5.74) is 5.74. The third-order valence-corrected chi connectivity index (χ3v) is 9.03. The minimum Gasteiger partial charge on any atom is -0.494 e. The number of ether oxygens (including phenoxy) is 1. The highest BCUT2D eigenvalue weighted by molar-refractivity contribution is 5.94. The predicted molar refractivity (Wildman–Crippen MR) is 175 cm³/mol. The summed E-state index contributed by atoms with van der Waals surface area (Å²) in [5.74, 6) is -2.41. The van der Waals surface area contributed by atoms with Crippen molar-refractivity contribution in [1.82, 2.24) is 0 Å². The Morgan fingerprint density at radius 3 is 2.46 bits per heavy atom. The number of fused-ring (bicyclic) bond motifs is 1. The molecule has 2 atom stereocenters. The molecular weight excluding hydrogens is 595 g/mol. The lowest BCUT2D eigenvalue weighted by Gasteiger charge is -2.26. The van der Waals surface area contributed by atoms with Gasteiger partial charge in [-0.2, -0.15) is 13.2 Å². The molecule has 3 nitrogen and oxygen atoms in total. The highest BCUT2D eigenvalue weighted by Crippen LogP contribution is 2.41. The summed E-state index contributed by atoms with van der Waals surface area (Å²) in [6.07, 6.45) is 5.21. The first-order valence-electron chi connectivity index (χ1n) is 15.9. The highest BCUT2D eigenvalue weighted by Gasteiger charge is 2.36. The second kappa shape index (κ2) is 13.9. The summed E-state index contributed by atoms with van der Waals surface area (Å²) in [6, 6.07) is 13.0. The lowest BCUT2D eigenvalue weighted by atomic mass is 9.88. The van der Waals surface area contributed by atoms with Crippen LogP contribution in [0.25, 0.3) is 5.57 Å². The second-order valence-corrected chi connectivity index (χ2v) is 12.9. The number of hydrogen-bond acceptors (Lipinski definition) is 3. The van der Waals surface area contributed by atoms with Crippen LogP contribution in [0, 0.1) is 11.8 Å². The summed E-state index contributed by atoms with van der Waals surface area (Å²) in [7, 11) is 0. The molecule has 3 aliphatic rings. The summed E-state index contributed by atoms with van der Waals surface area (Å²) < 4.78 is 75.4. The molecule has 2 aliphatic heterocycles. The van der Waals surface area contributed by atoms with E-state index in [0.29, 0.717) is 48.8 Å². The van der Waals surface area contributed by atoms with Gasteiger partial charge >= 0.3 is 6.18 Å². The molecule has 1 aliphatic carbocycles. The van der Waals surface area contributed by atoms with Crippen LogP contribution in [-0.2, 0) is 23.3 Å². The summed E-state index contributed by atoms with van der Waals surface area (Å²) in [6.45, 7) is 8.30. The van der Waals surface area contributed by atoms with Crippen molar-refractivity contribution < 1.29 is 26.7 Å². The number of aliphatic imine (C=N–C) groups is 2. The Morgan fingerprint density at radius 1 is 0.978 bits per heavy atom. The van der Waals surface area contributed by atoms with Gasteiger partial charge in [-0.1, -0.05) is 55.0 Å². The maximum Gasteiger partial charge on any atom is 0.416 e. The first kappa shape index (κ1) is 33.6.